The van der Waals surface area contributed by atoms with Gasteiger partial charge in [-0.15, -0.1) is 11.3 Å². The van der Waals surface area contributed by atoms with Crippen LogP contribution in [0.5, 0.6) is 0 Å². The Morgan fingerprint density at radius 2 is 1.97 bits per heavy atom. The highest BCUT2D eigenvalue weighted by atomic mass is 32.1. The van der Waals surface area contributed by atoms with Crippen molar-refractivity contribution in [3.05, 3.63) is 71.8 Å². The lowest BCUT2D eigenvalue weighted by atomic mass is 9.95. The predicted molar refractivity (Wildman–Crippen MR) is 129 cm³/mol. The van der Waals surface area contributed by atoms with Gasteiger partial charge in [0.15, 0.2) is 5.13 Å². The molecule has 32 heavy (non-hydrogen) atoms. The third kappa shape index (κ3) is 5.41. The fourth-order valence-corrected chi connectivity index (χ4v) is 4.92. The summed E-state index contributed by atoms with van der Waals surface area (Å²) in [5, 5.41) is 8.88. The molecule has 1 fully saturated rings. The quantitative estimate of drug-likeness (QED) is 0.522. The topological polar surface area (TPSA) is 74.3 Å². The third-order valence-corrected chi connectivity index (χ3v) is 6.84. The Bertz CT molecular complexity index is 1120. The second kappa shape index (κ2) is 10.1. The van der Waals surface area contributed by atoms with E-state index >= 15 is 0 Å². The number of amides is 2. The van der Waals surface area contributed by atoms with Gasteiger partial charge in [-0.05, 0) is 61.3 Å². The number of aromatic nitrogens is 1. The van der Waals surface area contributed by atoms with Gasteiger partial charge < -0.3 is 5.32 Å². The monoisotopic (exact) mass is 448 g/mol. The summed E-state index contributed by atoms with van der Waals surface area (Å²) in [6.07, 6.45) is 4.72. The molecule has 6 nitrogen and oxygen atoms in total. The van der Waals surface area contributed by atoms with E-state index < -0.39 is 0 Å². The Kier molecular flexibility index (Phi) is 6.97. The molecule has 0 saturated carbocycles. The van der Waals surface area contributed by atoms with Crippen molar-refractivity contribution in [2.24, 2.45) is 5.92 Å². The maximum atomic E-state index is 12.9. The summed E-state index contributed by atoms with van der Waals surface area (Å²) in [5.41, 5.74) is 1.12. The van der Waals surface area contributed by atoms with E-state index in [-0.39, 0.29) is 23.8 Å². The van der Waals surface area contributed by atoms with Crippen molar-refractivity contribution in [2.75, 3.05) is 18.4 Å². The zero-order valence-electron chi connectivity index (χ0n) is 18.2. The smallest absolute Gasteiger partial charge is 0.249 e. The fraction of sp³-hybridized carbons (Fsp3) is 0.320. The highest BCUT2D eigenvalue weighted by Gasteiger charge is 2.26. The van der Waals surface area contributed by atoms with Crippen LogP contribution in [0.25, 0.3) is 10.8 Å². The highest BCUT2D eigenvalue weighted by Crippen LogP contribution is 2.25. The van der Waals surface area contributed by atoms with E-state index in [0.29, 0.717) is 5.13 Å². The molecule has 2 N–H and O–H groups in total. The molecule has 1 atom stereocenters. The lowest BCUT2D eigenvalue weighted by Gasteiger charge is -2.31. The Morgan fingerprint density at radius 3 is 2.72 bits per heavy atom. The average molecular weight is 449 g/mol. The van der Waals surface area contributed by atoms with E-state index in [0.717, 1.165) is 42.9 Å². The van der Waals surface area contributed by atoms with Gasteiger partial charge in [0.2, 0.25) is 11.8 Å². The molecule has 2 amide bonds. The molecule has 4 rings (SSSR count). The molecule has 1 unspecified atom stereocenters. The lowest BCUT2D eigenvalue weighted by Crippen LogP contribution is -2.40. The fourth-order valence-electron chi connectivity index (χ4n) is 4.06. The first-order valence-corrected chi connectivity index (χ1v) is 11.7. The molecular weight excluding hydrogens is 420 g/mol. The minimum Gasteiger partial charge on any atom is -0.349 e. The Labute approximate surface area is 192 Å². The molecule has 0 spiro atoms. The molecule has 1 aromatic heterocycles. The molecule has 2 aromatic carbocycles. The van der Waals surface area contributed by atoms with Gasteiger partial charge in [-0.3, -0.25) is 19.8 Å². The van der Waals surface area contributed by atoms with Gasteiger partial charge in [-0.1, -0.05) is 43.0 Å². The molecule has 166 valence electrons. The van der Waals surface area contributed by atoms with Crippen LogP contribution in [0.1, 0.15) is 36.2 Å². The second-order valence-corrected chi connectivity index (χ2v) is 9.33. The standard InChI is InChI=1S/C25H28N4O2S/c1-3-23(30)28-25-26-15-22(32-25)16-29-12-10-19(11-13-29)24(31)27-17(2)20-9-8-18-6-4-5-7-21(18)14-20/h3-9,14-15,17,19H,1,10-13,16H2,2H3,(H,27,31)(H,26,28,30). The normalized spacial score (nSPS) is 15.9. The Morgan fingerprint density at radius 1 is 1.22 bits per heavy atom. The van der Waals surface area contributed by atoms with Crippen LogP contribution in [-0.2, 0) is 16.1 Å². The summed E-state index contributed by atoms with van der Waals surface area (Å²) in [5.74, 6) is -0.0776. The van der Waals surface area contributed by atoms with E-state index in [4.69, 9.17) is 0 Å². The lowest BCUT2D eigenvalue weighted by molar-refractivity contribution is -0.127. The van der Waals surface area contributed by atoms with Gasteiger partial charge in [0.1, 0.15) is 0 Å². The zero-order chi connectivity index (χ0) is 22.5. The Balaban J connectivity index is 1.26. The molecule has 7 heteroatoms. The van der Waals surface area contributed by atoms with Gasteiger partial charge >= 0.3 is 0 Å². The van der Waals surface area contributed by atoms with Crippen LogP contribution in [0.15, 0.2) is 61.3 Å². The van der Waals surface area contributed by atoms with Crippen LogP contribution in [0.4, 0.5) is 5.13 Å². The van der Waals surface area contributed by atoms with Gasteiger partial charge in [0, 0.05) is 23.5 Å². The summed E-state index contributed by atoms with van der Waals surface area (Å²) in [6.45, 7) is 8.02. The number of likely N-dealkylation sites (tertiary alicyclic amines) is 1. The van der Waals surface area contributed by atoms with Crippen LogP contribution in [0.3, 0.4) is 0 Å². The maximum Gasteiger partial charge on any atom is 0.249 e. The van der Waals surface area contributed by atoms with Gasteiger partial charge in [-0.2, -0.15) is 0 Å². The van der Waals surface area contributed by atoms with Crippen LogP contribution >= 0.6 is 11.3 Å². The highest BCUT2D eigenvalue weighted by molar-refractivity contribution is 7.15. The number of carbonyl (C=O) groups is 2. The first kappa shape index (κ1) is 22.2. The van der Waals surface area contributed by atoms with Crippen molar-refractivity contribution < 1.29 is 9.59 Å². The number of piperidine rings is 1. The van der Waals surface area contributed by atoms with Crippen molar-refractivity contribution in [3.63, 3.8) is 0 Å². The minimum absolute atomic E-state index is 0.0217. The summed E-state index contributed by atoms with van der Waals surface area (Å²) >= 11 is 1.47. The number of hydrogen-bond donors (Lipinski definition) is 2. The molecule has 2 heterocycles. The number of nitrogens with one attached hydrogen (secondary N) is 2. The van der Waals surface area contributed by atoms with E-state index in [2.05, 4.69) is 57.4 Å². The molecule has 1 aliphatic heterocycles. The van der Waals surface area contributed by atoms with Gasteiger partial charge in [0.25, 0.3) is 0 Å². The van der Waals surface area contributed by atoms with E-state index in [9.17, 15) is 9.59 Å². The van der Waals surface area contributed by atoms with E-state index in [1.165, 1.54) is 28.2 Å². The number of thiazole rings is 1. The SMILES string of the molecule is C=CC(=O)Nc1ncc(CN2CCC(C(=O)NC(C)c3ccc4ccccc4c3)CC2)s1. The van der Waals surface area contributed by atoms with Gasteiger partial charge in [0.05, 0.1) is 6.04 Å². The van der Waals surface area contributed by atoms with Crippen molar-refractivity contribution in [1.29, 1.82) is 0 Å². The number of nitrogens with zero attached hydrogens (tertiary/aromatic N) is 2. The summed E-state index contributed by atoms with van der Waals surface area (Å²) < 4.78 is 0. The molecule has 0 radical (unpaired) electrons. The van der Waals surface area contributed by atoms with Crippen LogP contribution < -0.4 is 10.6 Å². The Hall–Kier alpha value is -3.03. The van der Waals surface area contributed by atoms with Crippen LogP contribution in [-0.4, -0.2) is 34.8 Å². The van der Waals surface area contributed by atoms with Crippen molar-refractivity contribution in [2.45, 2.75) is 32.4 Å². The molecule has 1 saturated heterocycles. The van der Waals surface area contributed by atoms with Crippen molar-refractivity contribution in [3.8, 4) is 0 Å². The number of anilines is 1. The molecule has 3 aromatic rings. The van der Waals surface area contributed by atoms with Crippen molar-refractivity contribution in [1.82, 2.24) is 15.2 Å². The van der Waals surface area contributed by atoms with Crippen LogP contribution in [0.2, 0.25) is 0 Å². The zero-order valence-corrected chi connectivity index (χ0v) is 19.0. The summed E-state index contributed by atoms with van der Waals surface area (Å²) in [4.78, 5) is 31.9. The van der Waals surface area contributed by atoms with Gasteiger partial charge in [-0.25, -0.2) is 4.98 Å². The molecule has 0 aliphatic carbocycles. The second-order valence-electron chi connectivity index (χ2n) is 8.21. The molecular formula is C25H28N4O2S. The number of fused-ring (bicyclic) bond motifs is 1. The average Bonchev–Trinajstić information content (AvgIpc) is 3.25. The third-order valence-electron chi connectivity index (χ3n) is 5.94. The first-order valence-electron chi connectivity index (χ1n) is 10.9. The number of rotatable bonds is 7. The summed E-state index contributed by atoms with van der Waals surface area (Å²) in [7, 11) is 0. The number of benzene rings is 2. The van der Waals surface area contributed by atoms with E-state index in [1.54, 1.807) is 6.20 Å². The minimum atomic E-state index is -0.254. The molecule has 1 aliphatic rings. The predicted octanol–water partition coefficient (Wildman–Crippen LogP) is 4.51. The van der Waals surface area contributed by atoms with E-state index in [1.807, 2.05) is 19.1 Å². The maximum absolute atomic E-state index is 12.9. The number of hydrogen-bond acceptors (Lipinski definition) is 5. The van der Waals surface area contributed by atoms with Crippen LogP contribution in [0, 0.1) is 5.92 Å². The van der Waals surface area contributed by atoms with Crippen molar-refractivity contribution >= 4 is 39.1 Å². The number of carbonyl (C=O) groups excluding carboxylic acids is 2. The summed E-state index contributed by atoms with van der Waals surface area (Å²) in [6, 6.07) is 14.6. The largest absolute Gasteiger partial charge is 0.349 e. The molecule has 0 bridgehead atoms. The first-order chi connectivity index (χ1) is 15.5.